The minimum Gasteiger partial charge on any atom is -0.317 e. The molecule has 0 spiro atoms. The Morgan fingerprint density at radius 2 is 1.14 bits per heavy atom. The van der Waals surface area contributed by atoms with E-state index in [2.05, 4.69) is 60.4 Å². The Balaban J connectivity index is 0.000000205. The minimum absolute atomic E-state index is 1.25. The molecule has 0 aromatic heterocycles. The molecule has 0 atom stereocenters. The van der Waals surface area contributed by atoms with E-state index in [4.69, 9.17) is 0 Å². The van der Waals surface area contributed by atoms with Crippen LogP contribution in [0.1, 0.15) is 26.2 Å². The van der Waals surface area contributed by atoms with Crippen molar-refractivity contribution >= 4 is 0 Å². The summed E-state index contributed by atoms with van der Waals surface area (Å²) in [4.78, 5) is 0. The van der Waals surface area contributed by atoms with E-state index >= 15 is 0 Å². The highest BCUT2D eigenvalue weighted by molar-refractivity contribution is 5.62. The molecule has 1 heterocycles. The molecule has 21 heavy (non-hydrogen) atoms. The first-order valence-corrected chi connectivity index (χ1v) is 7.76. The van der Waals surface area contributed by atoms with Gasteiger partial charge in [-0.1, -0.05) is 73.2 Å². The van der Waals surface area contributed by atoms with Crippen LogP contribution in [0, 0.1) is 0 Å². The number of hydrogen-bond acceptors (Lipinski definition) is 1. The summed E-state index contributed by atoms with van der Waals surface area (Å²) in [5, 5.41) is 3.28. The van der Waals surface area contributed by atoms with E-state index in [-0.39, 0.29) is 0 Å². The van der Waals surface area contributed by atoms with Crippen molar-refractivity contribution in [2.24, 2.45) is 0 Å². The summed E-state index contributed by atoms with van der Waals surface area (Å²) < 4.78 is 0. The molecular weight excluding hydrogens is 254 g/mol. The zero-order chi connectivity index (χ0) is 15.2. The second kappa shape index (κ2) is 11.9. The zero-order valence-electron chi connectivity index (χ0n) is 13.1. The van der Waals surface area contributed by atoms with Crippen molar-refractivity contribution in [3.05, 3.63) is 73.3 Å². The largest absolute Gasteiger partial charge is 0.317 e. The fourth-order valence-electron chi connectivity index (χ4n) is 2.06. The van der Waals surface area contributed by atoms with E-state index in [0.717, 1.165) is 0 Å². The predicted octanol–water partition coefficient (Wildman–Crippen LogP) is 5.31. The van der Waals surface area contributed by atoms with Crippen molar-refractivity contribution in [3.63, 3.8) is 0 Å². The highest BCUT2D eigenvalue weighted by Crippen LogP contribution is 2.17. The molecule has 112 valence electrons. The van der Waals surface area contributed by atoms with E-state index in [9.17, 15) is 0 Å². The summed E-state index contributed by atoms with van der Waals surface area (Å²) in [5.41, 5.74) is 2.55. The number of piperidine rings is 1. The SMILES string of the molecule is C1CCNCC1.C=CC.c1ccc(-c2ccccc2)cc1. The maximum absolute atomic E-state index is 3.36. The molecule has 0 amide bonds. The molecule has 1 saturated heterocycles. The van der Waals surface area contributed by atoms with Gasteiger partial charge in [0.2, 0.25) is 0 Å². The molecule has 1 N–H and O–H groups in total. The molecule has 0 radical (unpaired) electrons. The lowest BCUT2D eigenvalue weighted by molar-refractivity contribution is 0.520. The Hall–Kier alpha value is -1.86. The average molecular weight is 281 g/mol. The Morgan fingerprint density at radius 3 is 1.38 bits per heavy atom. The van der Waals surface area contributed by atoms with Gasteiger partial charge in [-0.15, -0.1) is 6.58 Å². The second-order valence-electron chi connectivity index (χ2n) is 4.95. The van der Waals surface area contributed by atoms with Gasteiger partial charge in [0, 0.05) is 0 Å². The Labute approximate surface area is 129 Å². The highest BCUT2D eigenvalue weighted by Gasteiger charge is 1.93. The molecule has 0 saturated carbocycles. The molecule has 2 aromatic rings. The van der Waals surface area contributed by atoms with Crippen LogP contribution in [0.15, 0.2) is 73.3 Å². The van der Waals surface area contributed by atoms with E-state index < -0.39 is 0 Å². The van der Waals surface area contributed by atoms with Crippen LogP contribution in [0.4, 0.5) is 0 Å². The van der Waals surface area contributed by atoms with Crippen LogP contribution in [0.25, 0.3) is 11.1 Å². The molecule has 1 nitrogen and oxygen atoms in total. The Kier molecular flexibility index (Phi) is 9.76. The summed E-state index contributed by atoms with van der Waals surface area (Å²) in [6.07, 6.45) is 5.97. The van der Waals surface area contributed by atoms with E-state index in [1.54, 1.807) is 6.08 Å². The van der Waals surface area contributed by atoms with Crippen molar-refractivity contribution < 1.29 is 0 Å². The molecule has 1 fully saturated rings. The number of benzene rings is 2. The van der Waals surface area contributed by atoms with Gasteiger partial charge in [-0.2, -0.15) is 0 Å². The van der Waals surface area contributed by atoms with Gasteiger partial charge >= 0.3 is 0 Å². The lowest BCUT2D eigenvalue weighted by Crippen LogP contribution is -2.21. The maximum Gasteiger partial charge on any atom is -0.00489 e. The average Bonchev–Trinajstić information content (AvgIpc) is 2.59. The zero-order valence-corrected chi connectivity index (χ0v) is 13.1. The fraction of sp³-hybridized carbons (Fsp3) is 0.300. The van der Waals surface area contributed by atoms with Crippen LogP contribution in [0.2, 0.25) is 0 Å². The lowest BCUT2D eigenvalue weighted by atomic mass is 10.1. The quantitative estimate of drug-likeness (QED) is 0.699. The molecule has 2 aromatic carbocycles. The van der Waals surface area contributed by atoms with E-state index in [1.807, 2.05) is 19.1 Å². The van der Waals surface area contributed by atoms with E-state index in [1.165, 1.54) is 43.5 Å². The summed E-state index contributed by atoms with van der Waals surface area (Å²) in [5.74, 6) is 0. The van der Waals surface area contributed by atoms with Crippen molar-refractivity contribution in [2.75, 3.05) is 13.1 Å². The minimum atomic E-state index is 1.25. The molecule has 1 aliphatic rings. The molecule has 0 aliphatic carbocycles. The molecule has 1 heteroatoms. The van der Waals surface area contributed by atoms with Gasteiger partial charge < -0.3 is 5.32 Å². The normalized spacial score (nSPS) is 13.0. The van der Waals surface area contributed by atoms with Gasteiger partial charge in [-0.05, 0) is 44.0 Å². The standard InChI is InChI=1S/C12H10.C5H11N.C3H6/c1-3-7-11(8-4-1)12-9-5-2-6-10-12;1-2-4-6-5-3-1;1-3-2/h1-10H;6H,1-5H2;3H,1H2,2H3. The van der Waals surface area contributed by atoms with Gasteiger partial charge in [-0.25, -0.2) is 0 Å². The third-order valence-corrected chi connectivity index (χ3v) is 3.09. The van der Waals surface area contributed by atoms with E-state index in [0.29, 0.717) is 0 Å². The third kappa shape index (κ3) is 8.11. The van der Waals surface area contributed by atoms with Crippen LogP contribution < -0.4 is 5.32 Å². The predicted molar refractivity (Wildman–Crippen MR) is 94.5 cm³/mol. The van der Waals surface area contributed by atoms with Gasteiger partial charge in [-0.3, -0.25) is 0 Å². The Morgan fingerprint density at radius 1 is 0.762 bits per heavy atom. The Bertz CT molecular complexity index is 409. The highest BCUT2D eigenvalue weighted by atomic mass is 14.9. The fourth-order valence-corrected chi connectivity index (χ4v) is 2.06. The molecule has 1 aliphatic heterocycles. The third-order valence-electron chi connectivity index (χ3n) is 3.09. The van der Waals surface area contributed by atoms with Crippen molar-refractivity contribution in [1.82, 2.24) is 5.32 Å². The van der Waals surface area contributed by atoms with Gasteiger partial charge in [0.05, 0.1) is 0 Å². The number of hydrogen-bond donors (Lipinski definition) is 1. The van der Waals surface area contributed by atoms with Crippen LogP contribution in [0.3, 0.4) is 0 Å². The van der Waals surface area contributed by atoms with Crippen LogP contribution >= 0.6 is 0 Å². The van der Waals surface area contributed by atoms with Crippen molar-refractivity contribution in [1.29, 1.82) is 0 Å². The molecule has 3 rings (SSSR count). The smallest absolute Gasteiger partial charge is 0.00489 e. The molecule has 0 unspecified atom stereocenters. The topological polar surface area (TPSA) is 12.0 Å². The number of nitrogens with one attached hydrogen (secondary N) is 1. The lowest BCUT2D eigenvalue weighted by Gasteiger charge is -2.08. The summed E-state index contributed by atoms with van der Waals surface area (Å²) >= 11 is 0. The summed E-state index contributed by atoms with van der Waals surface area (Å²) in [7, 11) is 0. The first-order valence-electron chi connectivity index (χ1n) is 7.76. The van der Waals surface area contributed by atoms with Gasteiger partial charge in [0.25, 0.3) is 0 Å². The summed E-state index contributed by atoms with van der Waals surface area (Å²) in [6.45, 7) is 7.75. The van der Waals surface area contributed by atoms with Crippen LogP contribution in [-0.4, -0.2) is 13.1 Å². The maximum atomic E-state index is 3.36. The van der Waals surface area contributed by atoms with Crippen molar-refractivity contribution in [2.45, 2.75) is 26.2 Å². The van der Waals surface area contributed by atoms with Crippen LogP contribution in [0.5, 0.6) is 0 Å². The molecular formula is C20H27N. The van der Waals surface area contributed by atoms with Crippen LogP contribution in [-0.2, 0) is 0 Å². The monoisotopic (exact) mass is 281 g/mol. The molecule has 0 bridgehead atoms. The second-order valence-corrected chi connectivity index (χ2v) is 4.95. The first-order chi connectivity index (χ1) is 10.4. The van der Waals surface area contributed by atoms with Gasteiger partial charge in [0.15, 0.2) is 0 Å². The number of allylic oxidation sites excluding steroid dienone is 1. The van der Waals surface area contributed by atoms with Gasteiger partial charge in [0.1, 0.15) is 0 Å². The van der Waals surface area contributed by atoms with Crippen molar-refractivity contribution in [3.8, 4) is 11.1 Å². The first kappa shape index (κ1) is 17.2. The summed E-state index contributed by atoms with van der Waals surface area (Å²) in [6, 6.07) is 20.8. The number of rotatable bonds is 1.